The molecule has 0 saturated heterocycles. The highest BCUT2D eigenvalue weighted by molar-refractivity contribution is 5.10. The molecule has 0 aromatic rings. The second-order valence-corrected chi connectivity index (χ2v) is 3.28. The average molecular weight is 164 g/mol. The van der Waals surface area contributed by atoms with Crippen molar-refractivity contribution in [2.24, 2.45) is 0 Å². The summed E-state index contributed by atoms with van der Waals surface area (Å²) in [5, 5.41) is 9.64. The van der Waals surface area contributed by atoms with Gasteiger partial charge in [-0.15, -0.1) is 12.3 Å². The summed E-state index contributed by atoms with van der Waals surface area (Å²) >= 11 is 0. The van der Waals surface area contributed by atoms with Gasteiger partial charge in [0.05, 0.1) is 6.10 Å². The molecule has 0 fully saturated rings. The molecule has 12 heavy (non-hydrogen) atoms. The number of allylic oxidation sites excluding steroid dienone is 1. The van der Waals surface area contributed by atoms with E-state index in [1.807, 2.05) is 0 Å². The summed E-state index contributed by atoms with van der Waals surface area (Å²) in [5.74, 6) is 2.55. The van der Waals surface area contributed by atoms with Gasteiger partial charge in [-0.3, -0.25) is 0 Å². The lowest BCUT2D eigenvalue weighted by Gasteiger charge is -2.17. The SMILES string of the molecule is C#CCC[C@@H](O)C1=CCCCC1. The van der Waals surface area contributed by atoms with Gasteiger partial charge in [-0.05, 0) is 37.7 Å². The molecule has 1 aliphatic rings. The van der Waals surface area contributed by atoms with Gasteiger partial charge in [0.15, 0.2) is 0 Å². The number of terminal acetylenes is 1. The lowest BCUT2D eigenvalue weighted by Crippen LogP contribution is -2.11. The molecule has 0 spiro atoms. The van der Waals surface area contributed by atoms with Gasteiger partial charge in [0.1, 0.15) is 0 Å². The molecule has 0 aromatic carbocycles. The minimum absolute atomic E-state index is 0.277. The Bertz CT molecular complexity index is 198. The van der Waals surface area contributed by atoms with E-state index in [1.165, 1.54) is 18.4 Å². The van der Waals surface area contributed by atoms with Crippen LogP contribution in [0.25, 0.3) is 0 Å². The molecule has 1 aliphatic carbocycles. The van der Waals surface area contributed by atoms with Crippen LogP contribution in [-0.4, -0.2) is 11.2 Å². The first-order valence-electron chi connectivity index (χ1n) is 4.65. The second-order valence-electron chi connectivity index (χ2n) is 3.28. The summed E-state index contributed by atoms with van der Waals surface area (Å²) in [5.41, 5.74) is 1.21. The quantitative estimate of drug-likeness (QED) is 0.501. The van der Waals surface area contributed by atoms with E-state index in [-0.39, 0.29) is 6.10 Å². The van der Waals surface area contributed by atoms with Crippen molar-refractivity contribution in [3.8, 4) is 12.3 Å². The Morgan fingerprint density at radius 3 is 3.00 bits per heavy atom. The van der Waals surface area contributed by atoms with Crippen molar-refractivity contribution in [2.45, 2.75) is 44.6 Å². The highest BCUT2D eigenvalue weighted by atomic mass is 16.3. The maximum atomic E-state index is 9.64. The van der Waals surface area contributed by atoms with Crippen LogP contribution in [0.2, 0.25) is 0 Å². The monoisotopic (exact) mass is 164 g/mol. The molecule has 66 valence electrons. The van der Waals surface area contributed by atoms with Gasteiger partial charge < -0.3 is 5.11 Å². The van der Waals surface area contributed by atoms with Crippen LogP contribution in [0.3, 0.4) is 0 Å². The zero-order valence-electron chi connectivity index (χ0n) is 7.42. The summed E-state index contributed by atoms with van der Waals surface area (Å²) in [4.78, 5) is 0. The van der Waals surface area contributed by atoms with Gasteiger partial charge in [0.2, 0.25) is 0 Å². The van der Waals surface area contributed by atoms with Gasteiger partial charge in [-0.2, -0.15) is 0 Å². The van der Waals surface area contributed by atoms with E-state index >= 15 is 0 Å². The van der Waals surface area contributed by atoms with Crippen molar-refractivity contribution < 1.29 is 5.11 Å². The number of hydrogen-bond acceptors (Lipinski definition) is 1. The van der Waals surface area contributed by atoms with Crippen LogP contribution in [-0.2, 0) is 0 Å². The van der Waals surface area contributed by atoms with Gasteiger partial charge >= 0.3 is 0 Å². The first kappa shape index (κ1) is 9.35. The van der Waals surface area contributed by atoms with Crippen LogP contribution < -0.4 is 0 Å². The molecule has 0 aliphatic heterocycles. The van der Waals surface area contributed by atoms with Crippen molar-refractivity contribution in [1.29, 1.82) is 0 Å². The lowest BCUT2D eigenvalue weighted by molar-refractivity contribution is 0.195. The van der Waals surface area contributed by atoms with Gasteiger partial charge in [-0.1, -0.05) is 6.08 Å². The van der Waals surface area contributed by atoms with Gasteiger partial charge in [0, 0.05) is 6.42 Å². The molecule has 1 N–H and O–H groups in total. The van der Waals surface area contributed by atoms with Crippen LogP contribution >= 0.6 is 0 Å². The van der Waals surface area contributed by atoms with E-state index < -0.39 is 0 Å². The van der Waals surface area contributed by atoms with Crippen LogP contribution in [0, 0.1) is 12.3 Å². The van der Waals surface area contributed by atoms with Gasteiger partial charge in [-0.25, -0.2) is 0 Å². The molecule has 0 heterocycles. The minimum atomic E-state index is -0.277. The number of aliphatic hydroxyl groups is 1. The Morgan fingerprint density at radius 2 is 2.42 bits per heavy atom. The first-order valence-corrected chi connectivity index (χ1v) is 4.65. The standard InChI is InChI=1S/C11H16O/c1-2-3-9-11(12)10-7-5-4-6-8-10/h1,7,11-12H,3-6,8-9H2/t11-/m1/s1. The van der Waals surface area contributed by atoms with Crippen LogP contribution in [0.5, 0.6) is 0 Å². The third kappa shape index (κ3) is 2.71. The number of aliphatic hydroxyl groups excluding tert-OH is 1. The predicted molar refractivity (Wildman–Crippen MR) is 50.6 cm³/mol. The van der Waals surface area contributed by atoms with Crippen LogP contribution in [0.1, 0.15) is 38.5 Å². The van der Waals surface area contributed by atoms with Gasteiger partial charge in [0.25, 0.3) is 0 Å². The molecule has 0 aromatic heterocycles. The zero-order chi connectivity index (χ0) is 8.81. The second kappa shape index (κ2) is 5.00. The number of rotatable bonds is 3. The first-order chi connectivity index (χ1) is 5.84. The molecule has 1 heteroatoms. The van der Waals surface area contributed by atoms with E-state index in [2.05, 4.69) is 12.0 Å². The molecule has 0 saturated carbocycles. The smallest absolute Gasteiger partial charge is 0.0759 e. The molecule has 0 bridgehead atoms. The average Bonchev–Trinajstić information content (AvgIpc) is 2.15. The summed E-state index contributed by atoms with van der Waals surface area (Å²) < 4.78 is 0. The molecule has 0 radical (unpaired) electrons. The molecule has 0 unspecified atom stereocenters. The summed E-state index contributed by atoms with van der Waals surface area (Å²) in [7, 11) is 0. The highest BCUT2D eigenvalue weighted by Crippen LogP contribution is 2.22. The summed E-state index contributed by atoms with van der Waals surface area (Å²) in [6.07, 6.45) is 13.1. The third-order valence-electron chi connectivity index (χ3n) is 2.32. The zero-order valence-corrected chi connectivity index (χ0v) is 7.42. The fraction of sp³-hybridized carbons (Fsp3) is 0.636. The van der Waals surface area contributed by atoms with Crippen molar-refractivity contribution in [2.75, 3.05) is 0 Å². The summed E-state index contributed by atoms with van der Waals surface area (Å²) in [6.45, 7) is 0. The van der Waals surface area contributed by atoms with E-state index in [0.717, 1.165) is 19.3 Å². The lowest BCUT2D eigenvalue weighted by atomic mass is 9.93. The predicted octanol–water partition coefficient (Wildman–Crippen LogP) is 2.26. The Morgan fingerprint density at radius 1 is 1.58 bits per heavy atom. The van der Waals surface area contributed by atoms with E-state index in [4.69, 9.17) is 6.42 Å². The summed E-state index contributed by atoms with van der Waals surface area (Å²) in [6, 6.07) is 0. The maximum absolute atomic E-state index is 9.64. The Balaban J connectivity index is 2.35. The molecule has 1 atom stereocenters. The maximum Gasteiger partial charge on any atom is 0.0759 e. The molecule has 0 amide bonds. The highest BCUT2D eigenvalue weighted by Gasteiger charge is 2.11. The normalized spacial score (nSPS) is 19.5. The molecular formula is C11H16O. The topological polar surface area (TPSA) is 20.2 Å². The van der Waals surface area contributed by atoms with E-state index in [0.29, 0.717) is 6.42 Å². The fourth-order valence-electron chi connectivity index (χ4n) is 1.57. The molecule has 1 rings (SSSR count). The Labute approximate surface area is 74.5 Å². The van der Waals surface area contributed by atoms with Crippen LogP contribution in [0.15, 0.2) is 11.6 Å². The molecule has 1 nitrogen and oxygen atoms in total. The van der Waals surface area contributed by atoms with Crippen LogP contribution in [0.4, 0.5) is 0 Å². The van der Waals surface area contributed by atoms with Crippen molar-refractivity contribution in [3.63, 3.8) is 0 Å². The van der Waals surface area contributed by atoms with Crippen molar-refractivity contribution in [3.05, 3.63) is 11.6 Å². The Kier molecular flexibility index (Phi) is 3.90. The molecular weight excluding hydrogens is 148 g/mol. The largest absolute Gasteiger partial charge is 0.389 e. The van der Waals surface area contributed by atoms with Crippen molar-refractivity contribution >= 4 is 0 Å². The van der Waals surface area contributed by atoms with Crippen molar-refractivity contribution in [1.82, 2.24) is 0 Å². The fourth-order valence-corrected chi connectivity index (χ4v) is 1.57. The van der Waals surface area contributed by atoms with E-state index in [9.17, 15) is 5.11 Å². The third-order valence-corrected chi connectivity index (χ3v) is 2.32. The minimum Gasteiger partial charge on any atom is -0.389 e. The van der Waals surface area contributed by atoms with E-state index in [1.54, 1.807) is 0 Å². The number of hydrogen-bond donors (Lipinski definition) is 1. The Hall–Kier alpha value is -0.740.